The lowest BCUT2D eigenvalue weighted by Crippen LogP contribution is -2.50. The molecule has 2 saturated carbocycles. The van der Waals surface area contributed by atoms with Crippen LogP contribution in [0.25, 0.3) is 0 Å². The van der Waals surface area contributed by atoms with Gasteiger partial charge in [0.25, 0.3) is 0 Å². The molecule has 0 spiro atoms. The Morgan fingerprint density at radius 3 is 2.53 bits per heavy atom. The summed E-state index contributed by atoms with van der Waals surface area (Å²) in [6.45, 7) is 2.77. The van der Waals surface area contributed by atoms with Crippen molar-refractivity contribution in [3.63, 3.8) is 0 Å². The zero-order valence-corrected chi connectivity index (χ0v) is 9.34. The van der Waals surface area contributed by atoms with Crippen LogP contribution in [0.15, 0.2) is 0 Å². The second-order valence-corrected chi connectivity index (χ2v) is 5.29. The van der Waals surface area contributed by atoms with Crippen LogP contribution in [-0.4, -0.2) is 37.5 Å². The minimum absolute atomic E-state index is 0.219. The van der Waals surface area contributed by atoms with Crippen molar-refractivity contribution in [1.29, 1.82) is 0 Å². The van der Waals surface area contributed by atoms with Crippen molar-refractivity contribution in [2.24, 2.45) is 0 Å². The highest BCUT2D eigenvalue weighted by Crippen LogP contribution is 2.40. The molecule has 3 aliphatic rings. The first-order chi connectivity index (χ1) is 7.36. The van der Waals surface area contributed by atoms with E-state index in [0.29, 0.717) is 6.10 Å². The van der Waals surface area contributed by atoms with Crippen molar-refractivity contribution in [3.05, 3.63) is 0 Å². The molecule has 15 heavy (non-hydrogen) atoms. The number of nitrogens with one attached hydrogen (secondary N) is 1. The fourth-order valence-corrected chi connectivity index (χ4v) is 2.43. The van der Waals surface area contributed by atoms with Gasteiger partial charge in [0.2, 0.25) is 0 Å². The van der Waals surface area contributed by atoms with Gasteiger partial charge in [-0.15, -0.1) is 0 Å². The highest BCUT2D eigenvalue weighted by atomic mass is 16.6. The number of ether oxygens (including phenoxy) is 2. The topological polar surface area (TPSA) is 30.5 Å². The number of hydrogen-bond donors (Lipinski definition) is 1. The third-order valence-corrected chi connectivity index (χ3v) is 3.88. The molecule has 0 aromatic rings. The maximum atomic E-state index is 6.15. The molecule has 1 saturated heterocycles. The zero-order valence-electron chi connectivity index (χ0n) is 9.34. The van der Waals surface area contributed by atoms with Crippen LogP contribution in [0.2, 0.25) is 0 Å². The molecule has 3 heteroatoms. The van der Waals surface area contributed by atoms with Crippen LogP contribution >= 0.6 is 0 Å². The summed E-state index contributed by atoms with van der Waals surface area (Å²) >= 11 is 0. The molecular weight excluding hydrogens is 190 g/mol. The van der Waals surface area contributed by atoms with E-state index in [1.54, 1.807) is 0 Å². The molecule has 0 bridgehead atoms. The van der Waals surface area contributed by atoms with E-state index < -0.39 is 0 Å². The van der Waals surface area contributed by atoms with Gasteiger partial charge >= 0.3 is 0 Å². The molecule has 0 aromatic heterocycles. The van der Waals surface area contributed by atoms with Gasteiger partial charge in [-0.05, 0) is 45.1 Å². The summed E-state index contributed by atoms with van der Waals surface area (Å²) in [5, 5.41) is 3.58. The van der Waals surface area contributed by atoms with Gasteiger partial charge in [-0.2, -0.15) is 0 Å². The minimum Gasteiger partial charge on any atom is -0.376 e. The Bertz CT molecular complexity index is 220. The summed E-state index contributed by atoms with van der Waals surface area (Å²) in [5.41, 5.74) is 0.219. The molecule has 0 atom stereocenters. The summed E-state index contributed by atoms with van der Waals surface area (Å²) in [5.74, 6) is 0. The molecular formula is C12H21NO2. The molecule has 1 N–H and O–H groups in total. The van der Waals surface area contributed by atoms with Gasteiger partial charge in [0, 0.05) is 6.04 Å². The van der Waals surface area contributed by atoms with Gasteiger partial charge in [0.15, 0.2) is 0 Å². The molecule has 0 aromatic carbocycles. The molecule has 2 aliphatic carbocycles. The van der Waals surface area contributed by atoms with Crippen molar-refractivity contribution in [2.45, 2.75) is 56.3 Å². The highest BCUT2D eigenvalue weighted by molar-refractivity contribution is 4.93. The molecule has 3 nitrogen and oxygen atoms in total. The molecule has 1 aliphatic heterocycles. The molecule has 0 radical (unpaired) electrons. The van der Waals surface area contributed by atoms with Gasteiger partial charge < -0.3 is 14.8 Å². The Morgan fingerprint density at radius 2 is 2.07 bits per heavy atom. The van der Waals surface area contributed by atoms with E-state index in [1.165, 1.54) is 38.5 Å². The second-order valence-electron chi connectivity index (χ2n) is 5.29. The Balaban J connectivity index is 1.41. The quantitative estimate of drug-likeness (QED) is 0.721. The average Bonchev–Trinajstić information content (AvgIpc) is 2.88. The van der Waals surface area contributed by atoms with E-state index in [-0.39, 0.29) is 5.60 Å². The van der Waals surface area contributed by atoms with Crippen LogP contribution in [0.5, 0.6) is 0 Å². The Hall–Kier alpha value is -0.120. The summed E-state index contributed by atoms with van der Waals surface area (Å²) < 4.78 is 11.3. The molecule has 3 fully saturated rings. The van der Waals surface area contributed by atoms with E-state index in [0.717, 1.165) is 25.8 Å². The zero-order chi connectivity index (χ0) is 10.1. The van der Waals surface area contributed by atoms with Crippen LogP contribution in [0, 0.1) is 0 Å². The number of rotatable bonds is 6. The normalized spacial score (nSPS) is 29.6. The van der Waals surface area contributed by atoms with E-state index in [4.69, 9.17) is 9.47 Å². The lowest BCUT2D eigenvalue weighted by Gasteiger charge is -2.46. The lowest BCUT2D eigenvalue weighted by atomic mass is 9.77. The van der Waals surface area contributed by atoms with Crippen molar-refractivity contribution in [2.75, 3.05) is 19.8 Å². The van der Waals surface area contributed by atoms with Crippen molar-refractivity contribution >= 4 is 0 Å². The largest absolute Gasteiger partial charge is 0.376 e. The first-order valence-corrected chi connectivity index (χ1v) is 6.35. The SMILES string of the molecule is C1CC(CCNC2CC2)(OC2COC2)C1. The van der Waals surface area contributed by atoms with E-state index in [9.17, 15) is 0 Å². The standard InChI is InChI=1S/C12H21NO2/c1-4-12(5-1,15-11-8-14-9-11)6-7-13-10-2-3-10/h10-11,13H,1-9H2. The van der Waals surface area contributed by atoms with Gasteiger partial charge in [0.1, 0.15) is 6.10 Å². The van der Waals surface area contributed by atoms with Crippen LogP contribution in [0.1, 0.15) is 38.5 Å². The maximum absolute atomic E-state index is 6.15. The molecule has 1 heterocycles. The minimum atomic E-state index is 0.219. The van der Waals surface area contributed by atoms with Crippen LogP contribution in [-0.2, 0) is 9.47 Å². The van der Waals surface area contributed by atoms with Crippen molar-refractivity contribution < 1.29 is 9.47 Å². The van der Waals surface area contributed by atoms with Crippen LogP contribution < -0.4 is 5.32 Å². The Morgan fingerprint density at radius 1 is 1.27 bits per heavy atom. The van der Waals surface area contributed by atoms with Crippen LogP contribution in [0.4, 0.5) is 0 Å². The Kier molecular flexibility index (Phi) is 2.71. The Labute approximate surface area is 91.5 Å². The van der Waals surface area contributed by atoms with E-state index in [2.05, 4.69) is 5.32 Å². The first-order valence-electron chi connectivity index (χ1n) is 6.35. The van der Waals surface area contributed by atoms with Crippen molar-refractivity contribution in [3.8, 4) is 0 Å². The third kappa shape index (κ3) is 2.35. The molecule has 3 rings (SSSR count). The summed E-state index contributed by atoms with van der Waals surface area (Å²) in [6, 6.07) is 0.828. The molecule has 0 amide bonds. The van der Waals surface area contributed by atoms with Crippen molar-refractivity contribution in [1.82, 2.24) is 5.32 Å². The summed E-state index contributed by atoms with van der Waals surface area (Å²) in [7, 11) is 0. The predicted octanol–water partition coefficient (Wildman–Crippen LogP) is 1.47. The van der Waals surface area contributed by atoms with Gasteiger partial charge in [-0.1, -0.05) is 0 Å². The smallest absolute Gasteiger partial charge is 0.105 e. The third-order valence-electron chi connectivity index (χ3n) is 3.88. The van der Waals surface area contributed by atoms with Gasteiger partial charge in [0.05, 0.1) is 18.8 Å². The summed E-state index contributed by atoms with van der Waals surface area (Å²) in [4.78, 5) is 0. The monoisotopic (exact) mass is 211 g/mol. The average molecular weight is 211 g/mol. The maximum Gasteiger partial charge on any atom is 0.105 e. The van der Waals surface area contributed by atoms with Gasteiger partial charge in [-0.3, -0.25) is 0 Å². The second kappa shape index (κ2) is 4.04. The summed E-state index contributed by atoms with van der Waals surface area (Å²) in [6.07, 6.45) is 8.21. The van der Waals surface area contributed by atoms with E-state index >= 15 is 0 Å². The number of hydrogen-bond acceptors (Lipinski definition) is 3. The lowest BCUT2D eigenvalue weighted by molar-refractivity contribution is -0.217. The first kappa shape index (κ1) is 10.1. The highest BCUT2D eigenvalue weighted by Gasteiger charge is 2.41. The molecule has 0 unspecified atom stereocenters. The fraction of sp³-hybridized carbons (Fsp3) is 1.00. The van der Waals surface area contributed by atoms with E-state index in [1.807, 2.05) is 0 Å². The molecule has 86 valence electrons. The fourth-order valence-electron chi connectivity index (χ4n) is 2.43. The van der Waals surface area contributed by atoms with Gasteiger partial charge in [-0.25, -0.2) is 0 Å². The van der Waals surface area contributed by atoms with Crippen LogP contribution in [0.3, 0.4) is 0 Å². The predicted molar refractivity (Wildman–Crippen MR) is 57.9 cm³/mol.